The Labute approximate surface area is 218 Å². The molecule has 12 heteroatoms. The standard InChI is InChI=1S/C26H27N9O3/c1-33-26-19(15-29-33)25-27-6-5-22(31-25)30-23-13-20-18(14-28-23)24(32-35(20)7-2-10-37-26)21-4-3-17(38-21)16-34-8-11-36-12-9-34/h3-6,13-15H,2,7-12,16H2,1H3,(H,27,28,30,31). The fraction of sp³-hybridized carbons (Fsp3) is 0.346. The number of hydrogen-bond donors (Lipinski definition) is 1. The van der Waals surface area contributed by atoms with Crippen molar-refractivity contribution in [1.82, 2.24) is 39.4 Å². The van der Waals surface area contributed by atoms with E-state index >= 15 is 0 Å². The molecular weight excluding hydrogens is 486 g/mol. The Morgan fingerprint density at radius 1 is 1.00 bits per heavy atom. The molecule has 1 fully saturated rings. The molecule has 0 amide bonds. The number of hydrogen-bond acceptors (Lipinski definition) is 10. The molecule has 1 saturated heterocycles. The van der Waals surface area contributed by atoms with Crippen molar-refractivity contribution < 1.29 is 13.9 Å². The van der Waals surface area contributed by atoms with E-state index in [4.69, 9.17) is 19.0 Å². The van der Waals surface area contributed by atoms with Gasteiger partial charge in [-0.2, -0.15) is 10.2 Å². The zero-order chi connectivity index (χ0) is 25.5. The highest BCUT2D eigenvalue weighted by Crippen LogP contribution is 2.32. The van der Waals surface area contributed by atoms with Crippen LogP contribution in [0.1, 0.15) is 12.2 Å². The molecule has 1 N–H and O–H groups in total. The number of furan rings is 1. The average molecular weight is 514 g/mol. The van der Waals surface area contributed by atoms with Crippen molar-refractivity contribution in [2.24, 2.45) is 7.05 Å². The molecule has 0 saturated carbocycles. The minimum absolute atomic E-state index is 0.490. The molecule has 7 rings (SSSR count). The topological polar surface area (TPSA) is 121 Å². The van der Waals surface area contributed by atoms with Gasteiger partial charge in [-0.3, -0.25) is 9.58 Å². The van der Waals surface area contributed by atoms with Crippen LogP contribution in [-0.2, 0) is 24.9 Å². The van der Waals surface area contributed by atoms with Gasteiger partial charge >= 0.3 is 0 Å². The SMILES string of the molecule is Cn1ncc2c1OCCCn1nc(-c3ccc(CN4CCOCC4)o3)c3cnc(cc31)Nc1ccnc-2n1. The van der Waals surface area contributed by atoms with E-state index in [-0.39, 0.29) is 0 Å². The highest BCUT2D eigenvalue weighted by atomic mass is 16.5. The molecule has 5 aromatic rings. The number of nitrogens with one attached hydrogen (secondary N) is 1. The second-order valence-electron chi connectivity index (χ2n) is 9.39. The lowest BCUT2D eigenvalue weighted by molar-refractivity contribution is 0.0314. The van der Waals surface area contributed by atoms with Crippen LogP contribution in [0.5, 0.6) is 5.88 Å². The summed E-state index contributed by atoms with van der Waals surface area (Å²) in [7, 11) is 1.85. The van der Waals surface area contributed by atoms with Gasteiger partial charge in [-0.15, -0.1) is 0 Å². The lowest BCUT2D eigenvalue weighted by Crippen LogP contribution is -2.35. The van der Waals surface area contributed by atoms with Crippen LogP contribution < -0.4 is 10.1 Å². The Hall–Kier alpha value is -4.29. The van der Waals surface area contributed by atoms with Crippen LogP contribution in [-0.4, -0.2) is 72.3 Å². The fourth-order valence-corrected chi connectivity index (χ4v) is 4.88. The Bertz CT molecular complexity index is 1600. The minimum Gasteiger partial charge on any atom is -0.477 e. The van der Waals surface area contributed by atoms with Gasteiger partial charge in [0.15, 0.2) is 11.6 Å². The average Bonchev–Trinajstić information content (AvgIpc) is 3.64. The van der Waals surface area contributed by atoms with Crippen LogP contribution in [0, 0.1) is 0 Å². The van der Waals surface area contributed by atoms with Crippen molar-refractivity contribution in [2.75, 3.05) is 38.2 Å². The lowest BCUT2D eigenvalue weighted by atomic mass is 10.2. The quantitative estimate of drug-likeness (QED) is 0.385. The van der Waals surface area contributed by atoms with Gasteiger partial charge in [0.1, 0.15) is 28.7 Å². The van der Waals surface area contributed by atoms with E-state index in [1.165, 1.54) is 0 Å². The van der Waals surface area contributed by atoms with Gasteiger partial charge in [0.25, 0.3) is 0 Å². The van der Waals surface area contributed by atoms with Crippen molar-refractivity contribution in [3.05, 3.63) is 48.6 Å². The summed E-state index contributed by atoms with van der Waals surface area (Å²) in [4.78, 5) is 16.1. The molecule has 5 aromatic heterocycles. The van der Waals surface area contributed by atoms with Crippen molar-refractivity contribution in [2.45, 2.75) is 19.5 Å². The maximum atomic E-state index is 6.26. The predicted molar refractivity (Wildman–Crippen MR) is 139 cm³/mol. The first kappa shape index (κ1) is 22.9. The number of morpholine rings is 1. The number of nitrogens with zero attached hydrogens (tertiary/aromatic N) is 8. The maximum absolute atomic E-state index is 6.26. The molecule has 4 bridgehead atoms. The highest BCUT2D eigenvalue weighted by Gasteiger charge is 2.20. The molecule has 194 valence electrons. The third-order valence-corrected chi connectivity index (χ3v) is 6.80. The van der Waals surface area contributed by atoms with Crippen LogP contribution in [0.25, 0.3) is 33.7 Å². The van der Waals surface area contributed by atoms with Crippen LogP contribution in [0.15, 0.2) is 47.3 Å². The summed E-state index contributed by atoms with van der Waals surface area (Å²) in [5, 5.41) is 13.5. The summed E-state index contributed by atoms with van der Waals surface area (Å²) >= 11 is 0. The summed E-state index contributed by atoms with van der Waals surface area (Å²) in [6.45, 7) is 5.23. The Kier molecular flexibility index (Phi) is 5.74. The van der Waals surface area contributed by atoms with Gasteiger partial charge in [0, 0.05) is 56.9 Å². The molecule has 2 aliphatic rings. The van der Waals surface area contributed by atoms with Crippen LogP contribution in [0.3, 0.4) is 0 Å². The molecule has 2 aliphatic heterocycles. The number of aryl methyl sites for hydroxylation is 2. The third-order valence-electron chi connectivity index (χ3n) is 6.80. The first-order chi connectivity index (χ1) is 18.7. The van der Waals surface area contributed by atoms with Crippen molar-refractivity contribution >= 4 is 22.5 Å². The first-order valence-electron chi connectivity index (χ1n) is 12.7. The van der Waals surface area contributed by atoms with E-state index in [9.17, 15) is 0 Å². The molecule has 0 aromatic carbocycles. The van der Waals surface area contributed by atoms with Crippen molar-refractivity contribution in [1.29, 1.82) is 0 Å². The predicted octanol–water partition coefficient (Wildman–Crippen LogP) is 3.24. The van der Waals surface area contributed by atoms with Crippen LogP contribution in [0.2, 0.25) is 0 Å². The van der Waals surface area contributed by atoms with Gasteiger partial charge in [0.05, 0.1) is 38.1 Å². The number of fused-ring (bicyclic) bond motifs is 5. The van der Waals surface area contributed by atoms with E-state index < -0.39 is 0 Å². The Morgan fingerprint density at radius 3 is 2.84 bits per heavy atom. The van der Waals surface area contributed by atoms with Gasteiger partial charge in [-0.1, -0.05) is 0 Å². The molecule has 0 radical (unpaired) electrons. The van der Waals surface area contributed by atoms with Gasteiger partial charge < -0.3 is 19.2 Å². The summed E-state index contributed by atoms with van der Waals surface area (Å²) in [5.74, 6) is 4.10. The van der Waals surface area contributed by atoms with Gasteiger partial charge in [0.2, 0.25) is 5.88 Å². The molecular formula is C26H27N9O3. The summed E-state index contributed by atoms with van der Waals surface area (Å²) < 4.78 is 21.5. The number of aromatic nitrogens is 7. The second kappa shape index (κ2) is 9.54. The molecule has 12 nitrogen and oxygen atoms in total. The Balaban J connectivity index is 1.24. The van der Waals surface area contributed by atoms with E-state index in [1.807, 2.05) is 36.1 Å². The van der Waals surface area contributed by atoms with Crippen molar-refractivity contribution in [3.63, 3.8) is 0 Å². The first-order valence-corrected chi connectivity index (χ1v) is 12.7. The number of anilines is 2. The van der Waals surface area contributed by atoms with E-state index in [0.29, 0.717) is 36.5 Å². The highest BCUT2D eigenvalue weighted by molar-refractivity contribution is 5.93. The van der Waals surface area contributed by atoms with Gasteiger partial charge in [-0.25, -0.2) is 19.6 Å². The minimum atomic E-state index is 0.490. The second-order valence-corrected chi connectivity index (χ2v) is 9.39. The normalized spacial score (nSPS) is 16.1. The third kappa shape index (κ3) is 4.27. The largest absolute Gasteiger partial charge is 0.477 e. The monoisotopic (exact) mass is 513 g/mol. The molecule has 0 unspecified atom stereocenters. The molecule has 38 heavy (non-hydrogen) atoms. The molecule has 0 atom stereocenters. The number of pyridine rings is 1. The van der Waals surface area contributed by atoms with Crippen LogP contribution in [0.4, 0.5) is 11.6 Å². The maximum Gasteiger partial charge on any atom is 0.222 e. The summed E-state index contributed by atoms with van der Waals surface area (Å²) in [6, 6.07) is 7.82. The number of ether oxygens (including phenoxy) is 2. The molecule has 0 aliphatic carbocycles. The molecule has 7 heterocycles. The van der Waals surface area contributed by atoms with Gasteiger partial charge in [-0.05, 0) is 18.2 Å². The van der Waals surface area contributed by atoms with E-state index in [2.05, 4.69) is 30.3 Å². The molecule has 0 spiro atoms. The van der Waals surface area contributed by atoms with E-state index in [1.54, 1.807) is 23.1 Å². The zero-order valence-corrected chi connectivity index (χ0v) is 21.0. The lowest BCUT2D eigenvalue weighted by Gasteiger charge is -2.25. The fourth-order valence-electron chi connectivity index (χ4n) is 4.88. The Morgan fingerprint density at radius 2 is 1.92 bits per heavy atom. The van der Waals surface area contributed by atoms with Crippen molar-refractivity contribution in [3.8, 4) is 28.7 Å². The van der Waals surface area contributed by atoms with E-state index in [0.717, 1.165) is 72.9 Å². The number of rotatable bonds is 3. The smallest absolute Gasteiger partial charge is 0.222 e. The summed E-state index contributed by atoms with van der Waals surface area (Å²) in [5.41, 5.74) is 2.47. The van der Waals surface area contributed by atoms with Crippen LogP contribution >= 0.6 is 0 Å². The zero-order valence-electron chi connectivity index (χ0n) is 21.0. The summed E-state index contributed by atoms with van der Waals surface area (Å²) in [6.07, 6.45) is 6.01.